The summed E-state index contributed by atoms with van der Waals surface area (Å²) < 4.78 is 13.3. The molecule has 0 fully saturated rings. The summed E-state index contributed by atoms with van der Waals surface area (Å²) in [5, 5.41) is 3.76. The molecule has 0 aromatic heterocycles. The number of aryl methyl sites for hydroxylation is 2. The first kappa shape index (κ1) is 12.7. The molecule has 0 aliphatic carbocycles. The summed E-state index contributed by atoms with van der Waals surface area (Å²) in [6.07, 6.45) is 0. The van der Waals surface area contributed by atoms with Gasteiger partial charge in [-0.3, -0.25) is 0 Å². The maximum atomic E-state index is 13.3. The number of rotatable bonds is 2. The molecule has 4 heteroatoms. The van der Waals surface area contributed by atoms with Crippen LogP contribution in [0.15, 0.2) is 30.3 Å². The van der Waals surface area contributed by atoms with Crippen LogP contribution in [-0.2, 0) is 0 Å². The number of halogens is 2. The molecule has 0 atom stereocenters. The Bertz CT molecular complexity index is 597. The van der Waals surface area contributed by atoms with Crippen LogP contribution in [0.25, 0.3) is 0 Å². The molecule has 0 saturated carbocycles. The van der Waals surface area contributed by atoms with Gasteiger partial charge in [-0.2, -0.15) is 0 Å². The predicted octanol–water partition coefficient (Wildman–Crippen LogP) is 4.42. The van der Waals surface area contributed by atoms with Crippen molar-refractivity contribution in [2.45, 2.75) is 13.8 Å². The SMILES string of the molecule is Cc1cc(Nc2cccc(C)c2Cl)c(N)cc1F. The van der Waals surface area contributed by atoms with Gasteiger partial charge in [0.25, 0.3) is 0 Å². The van der Waals surface area contributed by atoms with Crippen LogP contribution in [0.3, 0.4) is 0 Å². The number of nitrogen functional groups attached to an aromatic ring is 1. The largest absolute Gasteiger partial charge is 0.397 e. The Hall–Kier alpha value is -1.74. The fourth-order valence-corrected chi connectivity index (χ4v) is 1.87. The molecule has 0 spiro atoms. The summed E-state index contributed by atoms with van der Waals surface area (Å²) in [7, 11) is 0. The van der Waals surface area contributed by atoms with Gasteiger partial charge in [0.1, 0.15) is 5.82 Å². The lowest BCUT2D eigenvalue weighted by Crippen LogP contribution is -1.99. The lowest BCUT2D eigenvalue weighted by molar-refractivity contribution is 0.619. The highest BCUT2D eigenvalue weighted by Crippen LogP contribution is 2.31. The van der Waals surface area contributed by atoms with Gasteiger partial charge < -0.3 is 11.1 Å². The van der Waals surface area contributed by atoms with E-state index in [1.165, 1.54) is 6.07 Å². The Kier molecular flexibility index (Phi) is 3.43. The molecule has 2 aromatic carbocycles. The lowest BCUT2D eigenvalue weighted by atomic mass is 10.1. The summed E-state index contributed by atoms with van der Waals surface area (Å²) in [6.45, 7) is 3.62. The first-order valence-corrected chi connectivity index (χ1v) is 5.94. The molecule has 2 aromatic rings. The van der Waals surface area contributed by atoms with Crippen LogP contribution in [0.2, 0.25) is 5.02 Å². The molecule has 2 rings (SSSR count). The minimum absolute atomic E-state index is 0.312. The van der Waals surface area contributed by atoms with Gasteiger partial charge in [-0.15, -0.1) is 0 Å². The normalized spacial score (nSPS) is 10.4. The Morgan fingerprint density at radius 1 is 1.11 bits per heavy atom. The van der Waals surface area contributed by atoms with Crippen molar-refractivity contribution in [2.75, 3.05) is 11.1 Å². The fraction of sp³-hybridized carbons (Fsp3) is 0.143. The smallest absolute Gasteiger partial charge is 0.128 e. The van der Waals surface area contributed by atoms with Crippen molar-refractivity contribution < 1.29 is 4.39 Å². The molecule has 3 N–H and O–H groups in total. The van der Waals surface area contributed by atoms with Crippen LogP contribution in [0.1, 0.15) is 11.1 Å². The molecular formula is C14H14ClFN2. The van der Waals surface area contributed by atoms with Crippen molar-refractivity contribution >= 4 is 28.7 Å². The van der Waals surface area contributed by atoms with E-state index in [0.29, 0.717) is 22.0 Å². The van der Waals surface area contributed by atoms with Crippen molar-refractivity contribution in [1.82, 2.24) is 0 Å². The van der Waals surface area contributed by atoms with E-state index in [9.17, 15) is 4.39 Å². The third-order valence-corrected chi connectivity index (χ3v) is 3.29. The molecule has 0 unspecified atom stereocenters. The Balaban J connectivity index is 2.40. The van der Waals surface area contributed by atoms with E-state index in [2.05, 4.69) is 5.32 Å². The van der Waals surface area contributed by atoms with Gasteiger partial charge in [-0.1, -0.05) is 23.7 Å². The number of anilines is 3. The minimum Gasteiger partial charge on any atom is -0.397 e. The highest BCUT2D eigenvalue weighted by Gasteiger charge is 2.08. The first-order valence-electron chi connectivity index (χ1n) is 5.57. The summed E-state index contributed by atoms with van der Waals surface area (Å²) in [5.74, 6) is -0.312. The van der Waals surface area contributed by atoms with Crippen LogP contribution < -0.4 is 11.1 Å². The van der Waals surface area contributed by atoms with Gasteiger partial charge >= 0.3 is 0 Å². The second kappa shape index (κ2) is 4.86. The summed E-state index contributed by atoms with van der Waals surface area (Å²) in [6, 6.07) is 8.65. The predicted molar refractivity (Wildman–Crippen MR) is 75.0 cm³/mol. The van der Waals surface area contributed by atoms with E-state index in [0.717, 1.165) is 11.3 Å². The Labute approximate surface area is 111 Å². The molecule has 0 aliphatic rings. The van der Waals surface area contributed by atoms with E-state index in [-0.39, 0.29) is 5.82 Å². The number of hydrogen-bond acceptors (Lipinski definition) is 2. The molecule has 0 bridgehead atoms. The van der Waals surface area contributed by atoms with Crippen LogP contribution >= 0.6 is 11.6 Å². The fourth-order valence-electron chi connectivity index (χ4n) is 1.69. The van der Waals surface area contributed by atoms with Gasteiger partial charge in [0.2, 0.25) is 0 Å². The highest BCUT2D eigenvalue weighted by atomic mass is 35.5. The quantitative estimate of drug-likeness (QED) is 0.788. The number of hydrogen-bond donors (Lipinski definition) is 2. The van der Waals surface area contributed by atoms with Gasteiger partial charge in [0.05, 0.1) is 22.1 Å². The zero-order valence-corrected chi connectivity index (χ0v) is 11.0. The molecule has 0 aliphatic heterocycles. The maximum Gasteiger partial charge on any atom is 0.128 e. The standard InChI is InChI=1S/C14H14ClFN2/c1-8-4-3-5-12(14(8)15)18-13-6-9(2)10(16)7-11(13)17/h3-7,18H,17H2,1-2H3. The van der Waals surface area contributed by atoms with E-state index in [4.69, 9.17) is 17.3 Å². The maximum absolute atomic E-state index is 13.3. The van der Waals surface area contributed by atoms with Crippen LogP contribution in [0.5, 0.6) is 0 Å². The zero-order valence-electron chi connectivity index (χ0n) is 10.2. The second-order valence-electron chi connectivity index (χ2n) is 4.25. The van der Waals surface area contributed by atoms with Crippen molar-refractivity contribution in [3.63, 3.8) is 0 Å². The molecule has 0 heterocycles. The van der Waals surface area contributed by atoms with Crippen LogP contribution in [0, 0.1) is 19.7 Å². The minimum atomic E-state index is -0.312. The molecule has 2 nitrogen and oxygen atoms in total. The van der Waals surface area contributed by atoms with Crippen LogP contribution in [0.4, 0.5) is 21.5 Å². The highest BCUT2D eigenvalue weighted by molar-refractivity contribution is 6.34. The first-order chi connectivity index (χ1) is 8.49. The van der Waals surface area contributed by atoms with Crippen molar-refractivity contribution in [2.24, 2.45) is 0 Å². The van der Waals surface area contributed by atoms with Crippen LogP contribution in [-0.4, -0.2) is 0 Å². The molecule has 0 radical (unpaired) electrons. The average molecular weight is 265 g/mol. The van der Waals surface area contributed by atoms with E-state index in [1.807, 2.05) is 25.1 Å². The van der Waals surface area contributed by atoms with E-state index >= 15 is 0 Å². The molecule has 0 saturated heterocycles. The zero-order chi connectivity index (χ0) is 13.3. The summed E-state index contributed by atoms with van der Waals surface area (Å²) in [5.41, 5.74) is 9.06. The van der Waals surface area contributed by atoms with Gasteiger partial charge in [-0.05, 0) is 43.2 Å². The molecular weight excluding hydrogens is 251 g/mol. The third kappa shape index (κ3) is 2.41. The summed E-state index contributed by atoms with van der Waals surface area (Å²) in [4.78, 5) is 0. The average Bonchev–Trinajstić information content (AvgIpc) is 2.32. The van der Waals surface area contributed by atoms with E-state index in [1.54, 1.807) is 13.0 Å². The molecule has 18 heavy (non-hydrogen) atoms. The monoisotopic (exact) mass is 264 g/mol. The van der Waals surface area contributed by atoms with Crippen molar-refractivity contribution in [3.05, 3.63) is 52.3 Å². The third-order valence-electron chi connectivity index (χ3n) is 2.79. The molecule has 94 valence electrons. The van der Waals surface area contributed by atoms with Gasteiger partial charge in [-0.25, -0.2) is 4.39 Å². The number of nitrogens with one attached hydrogen (secondary N) is 1. The van der Waals surface area contributed by atoms with Gasteiger partial charge in [0.15, 0.2) is 0 Å². The van der Waals surface area contributed by atoms with Crippen molar-refractivity contribution in [1.29, 1.82) is 0 Å². The number of nitrogens with two attached hydrogens (primary N) is 1. The molecule has 0 amide bonds. The van der Waals surface area contributed by atoms with Crippen molar-refractivity contribution in [3.8, 4) is 0 Å². The topological polar surface area (TPSA) is 38.0 Å². The summed E-state index contributed by atoms with van der Waals surface area (Å²) >= 11 is 6.19. The van der Waals surface area contributed by atoms with Gasteiger partial charge in [0, 0.05) is 0 Å². The lowest BCUT2D eigenvalue weighted by Gasteiger charge is -2.13. The Morgan fingerprint density at radius 2 is 1.83 bits per heavy atom. The Morgan fingerprint density at radius 3 is 2.56 bits per heavy atom. The second-order valence-corrected chi connectivity index (χ2v) is 4.63. The number of benzene rings is 2. The van der Waals surface area contributed by atoms with E-state index < -0.39 is 0 Å².